The van der Waals surface area contributed by atoms with Gasteiger partial charge in [-0.1, -0.05) is 119 Å². The maximum atomic E-state index is 13.6. The fraction of sp³-hybridized carbons (Fsp3) is 0.534. The fourth-order valence-electron chi connectivity index (χ4n) is 8.96. The third-order valence-electron chi connectivity index (χ3n) is 15.0. The molecule has 408 valence electrons. The van der Waals surface area contributed by atoms with Gasteiger partial charge in [0.15, 0.2) is 22.5 Å². The molecule has 2 amide bonds. The van der Waals surface area contributed by atoms with Gasteiger partial charge in [-0.25, -0.2) is 9.59 Å². The first kappa shape index (κ1) is 58.9. The summed E-state index contributed by atoms with van der Waals surface area (Å²) < 4.78 is 30.3. The highest BCUT2D eigenvalue weighted by Crippen LogP contribution is 2.44. The molecule has 5 aromatic rings. The van der Waals surface area contributed by atoms with Gasteiger partial charge in [0.05, 0.1) is 30.2 Å². The second-order valence-electron chi connectivity index (χ2n) is 24.8. The number of carbonyl (C=O) groups is 2. The Morgan fingerprint density at radius 2 is 1.21 bits per heavy atom. The standard InChI is InChI=1S/C35H45N3O4SSi.C23H39N3O4Si/c1-23-28(24-14-11-10-12-15-24)22-30(43-23)32-36-31(37-42-32)27-17-13-16-26-25(27)18-19-29(26)38(33(39)41-34(2,3)4)20-21-40-44(8,9)35(5,6)7;1-22(2,3)30-21(27)26(14-15-29-31(7,8)23(4,5)6)19-13-12-16-17(19)10-9-11-18(16)20(24)25-28/h10-17,22,29H,18-21H2,1-9H3;9-11,19,28H,12-15H2,1-8H3,(H2,24,25)/t29-;19-/m11/s1. The number of oxime groups is 1. The van der Waals surface area contributed by atoms with E-state index in [0.29, 0.717) is 43.6 Å². The molecule has 2 atom stereocenters. The number of hydrogen-bond acceptors (Lipinski definition) is 12. The lowest BCUT2D eigenvalue weighted by atomic mass is 10.0. The van der Waals surface area contributed by atoms with Gasteiger partial charge in [-0.15, -0.1) is 11.3 Å². The number of carbonyl (C=O) groups excluding carboxylic acids is 2. The van der Waals surface area contributed by atoms with Crippen molar-refractivity contribution in [3.63, 3.8) is 0 Å². The summed E-state index contributed by atoms with van der Waals surface area (Å²) in [6, 6.07) is 24.1. The molecule has 7 rings (SSSR count). The van der Waals surface area contributed by atoms with Crippen LogP contribution in [0.1, 0.15) is 141 Å². The summed E-state index contributed by atoms with van der Waals surface area (Å²) in [7, 11) is -3.90. The van der Waals surface area contributed by atoms with Crippen molar-refractivity contribution >= 4 is 46.0 Å². The molecular weight excluding hydrogens is 997 g/mol. The normalized spacial score (nSPS) is 16.2. The Bertz CT molecular complexity index is 2800. The van der Waals surface area contributed by atoms with Crippen LogP contribution in [0.3, 0.4) is 0 Å². The second-order valence-corrected chi connectivity index (χ2v) is 35.7. The zero-order valence-electron chi connectivity index (χ0n) is 47.8. The minimum Gasteiger partial charge on any atom is -0.444 e. The number of aryl methyl sites for hydroxylation is 1. The van der Waals surface area contributed by atoms with Gasteiger partial charge >= 0.3 is 12.2 Å². The van der Waals surface area contributed by atoms with Crippen molar-refractivity contribution in [2.75, 3.05) is 26.3 Å². The average Bonchev–Trinajstić information content (AvgIpc) is 4.14. The lowest BCUT2D eigenvalue weighted by molar-refractivity contribution is 0.0116. The van der Waals surface area contributed by atoms with Crippen LogP contribution < -0.4 is 5.73 Å². The van der Waals surface area contributed by atoms with Crippen molar-refractivity contribution in [1.29, 1.82) is 0 Å². The van der Waals surface area contributed by atoms with Gasteiger partial charge in [0.25, 0.3) is 5.89 Å². The first-order valence-corrected chi connectivity index (χ1v) is 32.9. The zero-order chi connectivity index (χ0) is 55.5. The molecule has 0 saturated carbocycles. The maximum Gasteiger partial charge on any atom is 0.410 e. The minimum absolute atomic E-state index is 0.0857. The monoisotopic (exact) mass is 1080 g/mol. The van der Waals surface area contributed by atoms with Crippen molar-refractivity contribution in [2.24, 2.45) is 10.9 Å². The minimum atomic E-state index is -1.97. The van der Waals surface area contributed by atoms with Crippen LogP contribution in [0.2, 0.25) is 36.3 Å². The van der Waals surface area contributed by atoms with Gasteiger partial charge < -0.3 is 33.8 Å². The Labute approximate surface area is 452 Å². The van der Waals surface area contributed by atoms with Crippen molar-refractivity contribution in [1.82, 2.24) is 19.9 Å². The van der Waals surface area contributed by atoms with Crippen LogP contribution in [0.5, 0.6) is 0 Å². The molecule has 17 heteroatoms. The number of nitrogens with two attached hydrogens (primary N) is 1. The molecule has 2 aromatic heterocycles. The smallest absolute Gasteiger partial charge is 0.410 e. The molecule has 0 saturated heterocycles. The Morgan fingerprint density at radius 3 is 1.71 bits per heavy atom. The molecule has 0 unspecified atom stereocenters. The molecule has 3 N–H and O–H groups in total. The SMILES string of the molecule is CC(C)(C)OC(=O)N(CCO[Si](C)(C)C(C)(C)C)[C@@H]1CCc2c(C(N)=NO)cccc21.Cc1sc(-c2nc(-c3cccc4c3CC[C@H]4N(CCO[Si](C)(C)C(C)(C)C)C(=O)OC(C)(C)C)no2)cc1-c1ccccc1. The summed E-state index contributed by atoms with van der Waals surface area (Å²) in [5.74, 6) is 1.16. The summed E-state index contributed by atoms with van der Waals surface area (Å²) in [5, 5.41) is 16.9. The lowest BCUT2D eigenvalue weighted by Gasteiger charge is -2.38. The molecule has 75 heavy (non-hydrogen) atoms. The van der Waals surface area contributed by atoms with Crippen LogP contribution in [0.4, 0.5) is 9.59 Å². The number of nitrogens with zero attached hydrogens (tertiary/aromatic N) is 5. The zero-order valence-corrected chi connectivity index (χ0v) is 50.6. The predicted octanol–water partition coefficient (Wildman–Crippen LogP) is 14.7. The first-order chi connectivity index (χ1) is 34.8. The van der Waals surface area contributed by atoms with Gasteiger partial charge in [0.1, 0.15) is 11.2 Å². The van der Waals surface area contributed by atoms with E-state index >= 15 is 0 Å². The van der Waals surface area contributed by atoms with Gasteiger partial charge in [-0.05, 0) is 150 Å². The van der Waals surface area contributed by atoms with Gasteiger partial charge in [0, 0.05) is 29.1 Å². The van der Waals surface area contributed by atoms with E-state index in [1.807, 2.05) is 95.0 Å². The Hall–Kier alpha value is -5.34. The van der Waals surface area contributed by atoms with Crippen molar-refractivity contribution in [2.45, 2.75) is 175 Å². The summed E-state index contributed by atoms with van der Waals surface area (Å²) in [4.78, 5) is 37.4. The van der Waals surface area contributed by atoms with E-state index in [4.69, 9.17) is 38.8 Å². The largest absolute Gasteiger partial charge is 0.444 e. The third-order valence-corrected chi connectivity index (χ3v) is 25.1. The van der Waals surface area contributed by atoms with Crippen molar-refractivity contribution < 1.29 is 37.6 Å². The fourth-order valence-corrected chi connectivity index (χ4v) is 12.0. The summed E-state index contributed by atoms with van der Waals surface area (Å²) in [6.07, 6.45) is 2.43. The highest BCUT2D eigenvalue weighted by Gasteiger charge is 2.41. The van der Waals surface area contributed by atoms with Crippen LogP contribution in [0.15, 0.2) is 82.5 Å². The summed E-state index contributed by atoms with van der Waals surface area (Å²) in [6.45, 7) is 37.4. The molecule has 2 aliphatic carbocycles. The van der Waals surface area contributed by atoms with E-state index < -0.39 is 27.8 Å². The van der Waals surface area contributed by atoms with E-state index in [-0.39, 0.29) is 40.2 Å². The number of rotatable bonds is 14. The van der Waals surface area contributed by atoms with E-state index in [1.54, 1.807) is 16.2 Å². The third kappa shape index (κ3) is 14.4. The molecule has 2 heterocycles. The Morgan fingerprint density at radius 1 is 0.720 bits per heavy atom. The number of amides is 2. The number of ether oxygens (including phenoxy) is 2. The molecule has 0 radical (unpaired) electrons. The number of amidine groups is 1. The van der Waals surface area contributed by atoms with Crippen LogP contribution in [-0.2, 0) is 31.2 Å². The number of benzene rings is 3. The number of aromatic nitrogens is 2. The topological polar surface area (TPSA) is 175 Å². The summed E-state index contributed by atoms with van der Waals surface area (Å²) >= 11 is 1.66. The molecule has 3 aromatic carbocycles. The Kier molecular flexibility index (Phi) is 18.1. The van der Waals surface area contributed by atoms with Gasteiger partial charge in [-0.2, -0.15) is 4.98 Å². The Balaban J connectivity index is 0.000000260. The van der Waals surface area contributed by atoms with Crippen molar-refractivity contribution in [3.05, 3.63) is 105 Å². The lowest BCUT2D eigenvalue weighted by Crippen LogP contribution is -2.45. The van der Waals surface area contributed by atoms with Crippen molar-refractivity contribution in [3.8, 4) is 33.3 Å². The van der Waals surface area contributed by atoms with Crippen LogP contribution in [0, 0.1) is 6.92 Å². The average molecular weight is 1080 g/mol. The molecule has 0 aliphatic heterocycles. The van der Waals surface area contributed by atoms with Crippen LogP contribution >= 0.6 is 11.3 Å². The molecular formula is C58H84N6O8SSi2. The number of thiophene rings is 1. The maximum absolute atomic E-state index is 13.6. The van der Waals surface area contributed by atoms with Gasteiger partial charge in [0.2, 0.25) is 5.82 Å². The van der Waals surface area contributed by atoms with Gasteiger partial charge in [-0.3, -0.25) is 9.80 Å². The van der Waals surface area contributed by atoms with E-state index in [0.717, 1.165) is 58.4 Å². The highest BCUT2D eigenvalue weighted by atomic mass is 32.1. The second kappa shape index (κ2) is 23.1. The van der Waals surface area contributed by atoms with Crippen LogP contribution in [0.25, 0.3) is 33.3 Å². The molecule has 0 bridgehead atoms. The predicted molar refractivity (Wildman–Crippen MR) is 306 cm³/mol. The van der Waals surface area contributed by atoms with E-state index in [2.05, 4.69) is 109 Å². The molecule has 2 aliphatic rings. The molecule has 0 fully saturated rings. The first-order valence-electron chi connectivity index (χ1n) is 26.3. The number of hydrogen-bond donors (Lipinski definition) is 2. The van der Waals surface area contributed by atoms with Crippen LogP contribution in [-0.4, -0.2) is 97.3 Å². The molecule has 14 nitrogen and oxygen atoms in total. The van der Waals surface area contributed by atoms with E-state index in [1.165, 1.54) is 16.0 Å². The quantitative estimate of drug-likeness (QED) is 0.0356. The summed E-state index contributed by atoms with van der Waals surface area (Å²) in [5.41, 5.74) is 13.0. The molecule has 0 spiro atoms. The highest BCUT2D eigenvalue weighted by molar-refractivity contribution is 7.15. The van der Waals surface area contributed by atoms with E-state index in [9.17, 15) is 9.59 Å². The number of fused-ring (bicyclic) bond motifs is 2.